The Labute approximate surface area is 122 Å². The maximum Gasteiger partial charge on any atom is 0.321 e. The average molecular weight is 293 g/mol. The number of hydrogen-bond donors (Lipinski definition) is 2. The van der Waals surface area contributed by atoms with E-state index in [2.05, 4.69) is 38.9 Å². The summed E-state index contributed by atoms with van der Waals surface area (Å²) in [6, 6.07) is 1.92. The van der Waals surface area contributed by atoms with E-state index in [4.69, 9.17) is 0 Å². The molecule has 2 rings (SSSR count). The molecule has 1 saturated heterocycles. The molecule has 2 N–H and O–H groups in total. The highest BCUT2D eigenvalue weighted by atomic mass is 32.1. The molecule has 0 saturated carbocycles. The Morgan fingerprint density at radius 3 is 3.10 bits per heavy atom. The minimum atomic E-state index is -0.471. The zero-order valence-corrected chi connectivity index (χ0v) is 12.1. The van der Waals surface area contributed by atoms with Crippen LogP contribution in [0.4, 0.5) is 4.79 Å². The third kappa shape index (κ3) is 3.91. The molecule has 0 radical (unpaired) electrons. The number of rotatable bonds is 5. The number of carbonyl (C=O) groups is 2. The number of imide groups is 1. The van der Waals surface area contributed by atoms with E-state index in [0.29, 0.717) is 12.6 Å². The summed E-state index contributed by atoms with van der Waals surface area (Å²) in [5.41, 5.74) is 1.26. The molecule has 0 bridgehead atoms. The molecule has 0 spiro atoms. The van der Waals surface area contributed by atoms with Gasteiger partial charge in [-0.05, 0) is 41.8 Å². The van der Waals surface area contributed by atoms with Gasteiger partial charge in [0, 0.05) is 12.6 Å². The summed E-state index contributed by atoms with van der Waals surface area (Å²) in [6.45, 7) is 4.99. The second kappa shape index (κ2) is 7.21. The predicted octanol–water partition coefficient (Wildman–Crippen LogP) is 1.90. The number of likely N-dealkylation sites (tertiary alicyclic amines) is 1. The summed E-state index contributed by atoms with van der Waals surface area (Å²) in [5.74, 6) is -0.270. The molecule has 20 heavy (non-hydrogen) atoms. The molecule has 1 fully saturated rings. The molecule has 0 aromatic carbocycles. The topological polar surface area (TPSA) is 61.4 Å². The first-order chi connectivity index (χ1) is 9.70. The second-order valence-corrected chi connectivity index (χ2v) is 5.51. The van der Waals surface area contributed by atoms with Gasteiger partial charge in [0.1, 0.15) is 0 Å². The first-order valence-electron chi connectivity index (χ1n) is 6.65. The van der Waals surface area contributed by atoms with Crippen LogP contribution in [0, 0.1) is 0 Å². The number of urea groups is 1. The van der Waals surface area contributed by atoms with E-state index in [0.717, 1.165) is 19.4 Å². The summed E-state index contributed by atoms with van der Waals surface area (Å²) in [6.07, 6.45) is 3.71. The van der Waals surface area contributed by atoms with Crippen LogP contribution in [0.1, 0.15) is 24.4 Å². The van der Waals surface area contributed by atoms with Crippen molar-refractivity contribution in [1.82, 2.24) is 15.5 Å². The zero-order valence-electron chi connectivity index (χ0n) is 11.3. The van der Waals surface area contributed by atoms with E-state index in [1.807, 2.05) is 0 Å². The lowest BCUT2D eigenvalue weighted by atomic mass is 10.1. The van der Waals surface area contributed by atoms with Crippen LogP contribution in [0.3, 0.4) is 0 Å². The quantitative estimate of drug-likeness (QED) is 0.815. The largest absolute Gasteiger partial charge is 0.334 e. The van der Waals surface area contributed by atoms with Crippen LogP contribution in [0.2, 0.25) is 0 Å². The summed E-state index contributed by atoms with van der Waals surface area (Å²) >= 11 is 1.67. The number of nitrogens with zero attached hydrogens (tertiary/aromatic N) is 1. The molecular formula is C14H19N3O2S. The minimum absolute atomic E-state index is 0.252. The summed E-state index contributed by atoms with van der Waals surface area (Å²) < 4.78 is 0. The van der Waals surface area contributed by atoms with Gasteiger partial charge in [-0.25, -0.2) is 4.79 Å². The van der Waals surface area contributed by atoms with Crippen molar-refractivity contribution in [2.24, 2.45) is 0 Å². The van der Waals surface area contributed by atoms with Gasteiger partial charge in [0.05, 0.1) is 6.54 Å². The lowest BCUT2D eigenvalue weighted by molar-refractivity contribution is -0.121. The lowest BCUT2D eigenvalue weighted by Gasteiger charge is -2.23. The van der Waals surface area contributed by atoms with Gasteiger partial charge < -0.3 is 5.32 Å². The Kier molecular flexibility index (Phi) is 5.31. The normalized spacial score (nSPS) is 18.7. The molecule has 2 heterocycles. The maximum absolute atomic E-state index is 11.9. The fraction of sp³-hybridized carbons (Fsp3) is 0.429. The van der Waals surface area contributed by atoms with Crippen molar-refractivity contribution in [3.8, 4) is 0 Å². The third-order valence-electron chi connectivity index (χ3n) is 3.30. The van der Waals surface area contributed by atoms with Crippen LogP contribution in [0.5, 0.6) is 0 Å². The Hall–Kier alpha value is -1.66. The highest BCUT2D eigenvalue weighted by molar-refractivity contribution is 7.07. The first-order valence-corrected chi connectivity index (χ1v) is 7.59. The van der Waals surface area contributed by atoms with Crippen LogP contribution in [-0.4, -0.2) is 36.5 Å². The fourth-order valence-corrected chi connectivity index (χ4v) is 3.12. The van der Waals surface area contributed by atoms with Gasteiger partial charge in [0.15, 0.2) is 0 Å². The van der Waals surface area contributed by atoms with Crippen LogP contribution in [-0.2, 0) is 4.79 Å². The Morgan fingerprint density at radius 2 is 2.40 bits per heavy atom. The minimum Gasteiger partial charge on any atom is -0.334 e. The van der Waals surface area contributed by atoms with Crippen LogP contribution in [0.25, 0.3) is 0 Å². The monoisotopic (exact) mass is 293 g/mol. The molecule has 5 nitrogen and oxygen atoms in total. The van der Waals surface area contributed by atoms with Crippen LogP contribution in [0.15, 0.2) is 29.5 Å². The van der Waals surface area contributed by atoms with Crippen molar-refractivity contribution in [3.63, 3.8) is 0 Å². The van der Waals surface area contributed by atoms with Crippen molar-refractivity contribution < 1.29 is 9.59 Å². The summed E-state index contributed by atoms with van der Waals surface area (Å²) in [7, 11) is 0. The van der Waals surface area contributed by atoms with E-state index in [9.17, 15) is 9.59 Å². The predicted molar refractivity (Wildman–Crippen MR) is 79.6 cm³/mol. The molecule has 108 valence electrons. The number of thiophene rings is 1. The Bertz CT molecular complexity index is 473. The van der Waals surface area contributed by atoms with E-state index in [-0.39, 0.29) is 12.5 Å². The molecule has 1 aliphatic rings. The molecule has 1 unspecified atom stereocenters. The first kappa shape index (κ1) is 14.7. The third-order valence-corrected chi connectivity index (χ3v) is 4.00. The molecule has 0 aliphatic carbocycles. The van der Waals surface area contributed by atoms with E-state index < -0.39 is 6.03 Å². The van der Waals surface area contributed by atoms with Crippen molar-refractivity contribution in [2.45, 2.75) is 18.9 Å². The SMILES string of the molecule is C=CCNC(=O)NC(=O)CN1CCCC1c1ccsc1. The van der Waals surface area contributed by atoms with Crippen molar-refractivity contribution >= 4 is 23.3 Å². The smallest absolute Gasteiger partial charge is 0.321 e. The van der Waals surface area contributed by atoms with Gasteiger partial charge in [-0.2, -0.15) is 11.3 Å². The molecule has 1 aliphatic heterocycles. The molecule has 3 amide bonds. The van der Waals surface area contributed by atoms with E-state index in [1.54, 1.807) is 17.4 Å². The fourth-order valence-electron chi connectivity index (χ4n) is 2.42. The van der Waals surface area contributed by atoms with Crippen molar-refractivity contribution in [1.29, 1.82) is 0 Å². The zero-order chi connectivity index (χ0) is 14.4. The number of nitrogens with one attached hydrogen (secondary N) is 2. The van der Waals surface area contributed by atoms with Crippen LogP contribution >= 0.6 is 11.3 Å². The van der Waals surface area contributed by atoms with E-state index in [1.165, 1.54) is 5.56 Å². The number of carbonyl (C=O) groups excluding carboxylic acids is 2. The van der Waals surface area contributed by atoms with Crippen LogP contribution < -0.4 is 10.6 Å². The molecule has 1 aromatic heterocycles. The highest BCUT2D eigenvalue weighted by Gasteiger charge is 2.28. The van der Waals surface area contributed by atoms with Crippen molar-refractivity contribution in [3.05, 3.63) is 35.0 Å². The van der Waals surface area contributed by atoms with Gasteiger partial charge in [0.2, 0.25) is 5.91 Å². The van der Waals surface area contributed by atoms with E-state index >= 15 is 0 Å². The van der Waals surface area contributed by atoms with Crippen molar-refractivity contribution in [2.75, 3.05) is 19.6 Å². The molecule has 1 aromatic rings. The van der Waals surface area contributed by atoms with Gasteiger partial charge in [-0.3, -0.25) is 15.0 Å². The summed E-state index contributed by atoms with van der Waals surface area (Å²) in [5, 5.41) is 9.03. The Balaban J connectivity index is 1.84. The van der Waals surface area contributed by atoms with Gasteiger partial charge in [-0.15, -0.1) is 6.58 Å². The molecule has 6 heteroatoms. The second-order valence-electron chi connectivity index (χ2n) is 4.73. The van der Waals surface area contributed by atoms with Gasteiger partial charge in [0.25, 0.3) is 0 Å². The van der Waals surface area contributed by atoms with Gasteiger partial charge in [-0.1, -0.05) is 6.08 Å². The maximum atomic E-state index is 11.9. The standard InChI is InChI=1S/C14H19N3O2S/c1-2-6-15-14(19)16-13(18)9-17-7-3-4-12(17)11-5-8-20-10-11/h2,5,8,10,12H,1,3-4,6-7,9H2,(H2,15,16,18,19). The highest BCUT2D eigenvalue weighted by Crippen LogP contribution is 2.32. The Morgan fingerprint density at radius 1 is 1.55 bits per heavy atom. The molecular weight excluding hydrogens is 274 g/mol. The summed E-state index contributed by atoms with van der Waals surface area (Å²) in [4.78, 5) is 25.4. The number of amides is 3. The molecule has 1 atom stereocenters. The van der Waals surface area contributed by atoms with Gasteiger partial charge >= 0.3 is 6.03 Å². The number of hydrogen-bond acceptors (Lipinski definition) is 4. The average Bonchev–Trinajstić information content (AvgIpc) is 3.06. The lowest BCUT2D eigenvalue weighted by Crippen LogP contribution is -2.44.